The molecule has 1 aliphatic carbocycles. The fourth-order valence-corrected chi connectivity index (χ4v) is 1.98. The number of carbonyl (C=O) groups is 2. The molecule has 0 atom stereocenters. The third kappa shape index (κ3) is 2.87. The first-order valence-electron chi connectivity index (χ1n) is 4.72. The molecule has 80 valence electrons. The standard InChI is InChI=1S/C9H14ClNO3/c10-9(4-2-1-3-5-9)8(14)11-6-7(12)13/h1-6H2,(H,11,14)(H,12,13)/p-1. The van der Waals surface area contributed by atoms with Gasteiger partial charge in [-0.25, -0.2) is 0 Å². The summed E-state index contributed by atoms with van der Waals surface area (Å²) in [5, 5.41) is 12.4. The second-order valence-electron chi connectivity index (χ2n) is 3.58. The highest BCUT2D eigenvalue weighted by Gasteiger charge is 2.36. The Bertz CT molecular complexity index is 236. The summed E-state index contributed by atoms with van der Waals surface area (Å²) in [7, 11) is 0. The third-order valence-electron chi connectivity index (χ3n) is 2.45. The van der Waals surface area contributed by atoms with E-state index in [1.54, 1.807) is 0 Å². The molecule has 5 heteroatoms. The van der Waals surface area contributed by atoms with Crippen LogP contribution in [0.25, 0.3) is 0 Å². The highest BCUT2D eigenvalue weighted by molar-refractivity contribution is 6.35. The zero-order chi connectivity index (χ0) is 10.6. The maximum absolute atomic E-state index is 11.5. The third-order valence-corrected chi connectivity index (χ3v) is 3.00. The lowest BCUT2D eigenvalue weighted by atomic mass is 9.88. The Morgan fingerprint density at radius 1 is 1.29 bits per heavy atom. The molecule has 1 N–H and O–H groups in total. The van der Waals surface area contributed by atoms with Crippen LogP contribution in [0.3, 0.4) is 0 Å². The van der Waals surface area contributed by atoms with Crippen LogP contribution < -0.4 is 10.4 Å². The molecule has 1 rings (SSSR count). The Morgan fingerprint density at radius 2 is 1.86 bits per heavy atom. The molecule has 0 radical (unpaired) electrons. The van der Waals surface area contributed by atoms with Crippen LogP contribution in [0.15, 0.2) is 0 Å². The van der Waals surface area contributed by atoms with Crippen LogP contribution >= 0.6 is 11.6 Å². The van der Waals surface area contributed by atoms with Gasteiger partial charge in [-0.1, -0.05) is 19.3 Å². The van der Waals surface area contributed by atoms with Crippen LogP contribution in [0, 0.1) is 0 Å². The zero-order valence-corrected chi connectivity index (χ0v) is 8.60. The molecular formula is C9H13ClNO3-. The molecule has 1 saturated carbocycles. The second-order valence-corrected chi connectivity index (χ2v) is 4.30. The van der Waals surface area contributed by atoms with E-state index >= 15 is 0 Å². The summed E-state index contributed by atoms with van der Waals surface area (Å²) in [6.07, 6.45) is 4.16. The van der Waals surface area contributed by atoms with Gasteiger partial charge in [0.25, 0.3) is 0 Å². The van der Waals surface area contributed by atoms with Crippen molar-refractivity contribution in [2.24, 2.45) is 0 Å². The van der Waals surface area contributed by atoms with Gasteiger partial charge in [-0.15, -0.1) is 11.6 Å². The molecule has 0 aromatic rings. The molecule has 0 saturated heterocycles. The number of carbonyl (C=O) groups excluding carboxylic acids is 2. The molecule has 1 fully saturated rings. The minimum absolute atomic E-state index is 0.386. The second kappa shape index (κ2) is 4.64. The topological polar surface area (TPSA) is 69.2 Å². The molecule has 0 spiro atoms. The van der Waals surface area contributed by atoms with Gasteiger partial charge in [0, 0.05) is 0 Å². The first-order valence-corrected chi connectivity index (χ1v) is 5.09. The van der Waals surface area contributed by atoms with E-state index in [1.165, 1.54) is 0 Å². The van der Waals surface area contributed by atoms with E-state index in [-0.39, 0.29) is 5.91 Å². The van der Waals surface area contributed by atoms with Crippen molar-refractivity contribution in [3.63, 3.8) is 0 Å². The maximum Gasteiger partial charge on any atom is 0.241 e. The fourth-order valence-electron chi connectivity index (χ4n) is 1.65. The van der Waals surface area contributed by atoms with Crippen LogP contribution in [0.5, 0.6) is 0 Å². The van der Waals surface area contributed by atoms with E-state index in [0.29, 0.717) is 12.8 Å². The number of nitrogens with one attached hydrogen (secondary N) is 1. The van der Waals surface area contributed by atoms with Crippen molar-refractivity contribution < 1.29 is 14.7 Å². The number of rotatable bonds is 3. The molecule has 0 heterocycles. The number of carboxylic acid groups (broad SMARTS) is 1. The molecule has 1 aliphatic rings. The average Bonchev–Trinajstić information content (AvgIpc) is 2.15. The zero-order valence-electron chi connectivity index (χ0n) is 7.85. The van der Waals surface area contributed by atoms with Gasteiger partial charge < -0.3 is 15.2 Å². The minimum atomic E-state index is -1.30. The van der Waals surface area contributed by atoms with Gasteiger partial charge in [0.15, 0.2) is 0 Å². The van der Waals surface area contributed by atoms with E-state index in [0.717, 1.165) is 19.3 Å². The lowest BCUT2D eigenvalue weighted by Gasteiger charge is -2.29. The Morgan fingerprint density at radius 3 is 2.36 bits per heavy atom. The molecular weight excluding hydrogens is 206 g/mol. The van der Waals surface area contributed by atoms with E-state index in [1.807, 2.05) is 0 Å². The quantitative estimate of drug-likeness (QED) is 0.667. The highest BCUT2D eigenvalue weighted by Crippen LogP contribution is 2.34. The summed E-state index contributed by atoms with van der Waals surface area (Å²) in [4.78, 5) is 20.7. The summed E-state index contributed by atoms with van der Waals surface area (Å²) in [6, 6.07) is 0. The van der Waals surface area contributed by atoms with E-state index in [2.05, 4.69) is 5.32 Å². The van der Waals surface area contributed by atoms with Crippen molar-refractivity contribution in [2.75, 3.05) is 6.54 Å². The largest absolute Gasteiger partial charge is 0.548 e. The van der Waals surface area contributed by atoms with Crippen molar-refractivity contribution in [3.05, 3.63) is 0 Å². The first-order chi connectivity index (χ1) is 6.54. The molecule has 0 aromatic heterocycles. The SMILES string of the molecule is O=C([O-])CNC(=O)C1(Cl)CCCCC1. The van der Waals surface area contributed by atoms with Gasteiger partial charge in [-0.05, 0) is 12.8 Å². The van der Waals surface area contributed by atoms with E-state index < -0.39 is 17.4 Å². The van der Waals surface area contributed by atoms with Crippen LogP contribution in [0.1, 0.15) is 32.1 Å². The number of halogens is 1. The first kappa shape index (κ1) is 11.3. The molecule has 0 unspecified atom stereocenters. The molecule has 0 aromatic carbocycles. The van der Waals surface area contributed by atoms with Crippen molar-refractivity contribution in [1.29, 1.82) is 0 Å². The van der Waals surface area contributed by atoms with Gasteiger partial charge in [-0.3, -0.25) is 4.79 Å². The average molecular weight is 219 g/mol. The van der Waals surface area contributed by atoms with Crippen LogP contribution in [-0.2, 0) is 9.59 Å². The molecule has 4 nitrogen and oxygen atoms in total. The van der Waals surface area contributed by atoms with Crippen LogP contribution in [-0.4, -0.2) is 23.3 Å². The minimum Gasteiger partial charge on any atom is -0.548 e. The fraction of sp³-hybridized carbons (Fsp3) is 0.778. The van der Waals surface area contributed by atoms with Crippen molar-refractivity contribution in [3.8, 4) is 0 Å². The summed E-state index contributed by atoms with van der Waals surface area (Å²) in [5.41, 5.74) is 0. The summed E-state index contributed by atoms with van der Waals surface area (Å²) in [6.45, 7) is -0.465. The van der Waals surface area contributed by atoms with Crippen molar-refractivity contribution >= 4 is 23.5 Å². The smallest absolute Gasteiger partial charge is 0.241 e. The number of hydrogen-bond donors (Lipinski definition) is 1. The predicted octanol–water partition coefficient (Wildman–Crippen LogP) is -0.206. The predicted molar refractivity (Wildman–Crippen MR) is 49.7 cm³/mol. The number of amides is 1. The Kier molecular flexibility index (Phi) is 3.75. The Hall–Kier alpha value is -0.770. The maximum atomic E-state index is 11.5. The Labute approximate surface area is 87.6 Å². The van der Waals surface area contributed by atoms with Crippen molar-refractivity contribution in [1.82, 2.24) is 5.32 Å². The lowest BCUT2D eigenvalue weighted by molar-refractivity contribution is -0.304. The van der Waals surface area contributed by atoms with Crippen molar-refractivity contribution in [2.45, 2.75) is 37.0 Å². The Balaban J connectivity index is 2.45. The van der Waals surface area contributed by atoms with Gasteiger partial charge >= 0.3 is 0 Å². The number of aliphatic carboxylic acids is 1. The molecule has 0 aliphatic heterocycles. The van der Waals surface area contributed by atoms with E-state index in [4.69, 9.17) is 11.6 Å². The molecule has 1 amide bonds. The number of alkyl halides is 1. The normalized spacial score (nSPS) is 20.1. The van der Waals surface area contributed by atoms with Crippen LogP contribution in [0.4, 0.5) is 0 Å². The molecule has 14 heavy (non-hydrogen) atoms. The van der Waals surface area contributed by atoms with Gasteiger partial charge in [0.1, 0.15) is 4.87 Å². The van der Waals surface area contributed by atoms with E-state index in [9.17, 15) is 14.7 Å². The molecule has 0 bridgehead atoms. The summed E-state index contributed by atoms with van der Waals surface area (Å²) < 4.78 is 0. The van der Waals surface area contributed by atoms with Gasteiger partial charge in [0.2, 0.25) is 5.91 Å². The number of carboxylic acids is 1. The number of hydrogen-bond acceptors (Lipinski definition) is 3. The monoisotopic (exact) mass is 218 g/mol. The van der Waals surface area contributed by atoms with Gasteiger partial charge in [0.05, 0.1) is 12.5 Å². The van der Waals surface area contributed by atoms with Crippen LogP contribution in [0.2, 0.25) is 0 Å². The van der Waals surface area contributed by atoms with Gasteiger partial charge in [-0.2, -0.15) is 0 Å². The lowest BCUT2D eigenvalue weighted by Crippen LogP contribution is -2.47. The summed E-state index contributed by atoms with van der Waals surface area (Å²) >= 11 is 6.08. The summed E-state index contributed by atoms with van der Waals surface area (Å²) in [5.74, 6) is -1.68. The highest BCUT2D eigenvalue weighted by atomic mass is 35.5.